The van der Waals surface area contributed by atoms with E-state index in [1.54, 1.807) is 18.3 Å². The van der Waals surface area contributed by atoms with Crippen LogP contribution in [0.25, 0.3) is 0 Å². The Bertz CT molecular complexity index is 788. The predicted molar refractivity (Wildman–Crippen MR) is 121 cm³/mol. The van der Waals surface area contributed by atoms with Gasteiger partial charge in [-0.25, -0.2) is 5.43 Å². The van der Waals surface area contributed by atoms with Crippen LogP contribution < -0.4 is 10.2 Å². The molecule has 1 N–H and O–H groups in total. The van der Waals surface area contributed by atoms with Crippen molar-refractivity contribution in [1.29, 1.82) is 0 Å². The Kier molecular flexibility index (Phi) is 10.3. The zero-order chi connectivity index (χ0) is 20.9. The number of ether oxygens (including phenoxy) is 1. The molecule has 2 aromatic carbocycles. The summed E-state index contributed by atoms with van der Waals surface area (Å²) in [4.78, 5) is 12.3. The second-order valence-electron chi connectivity index (χ2n) is 7.09. The van der Waals surface area contributed by atoms with Gasteiger partial charge in [0.15, 0.2) is 0 Å². The molecule has 5 heteroatoms. The van der Waals surface area contributed by atoms with E-state index in [1.165, 1.54) is 18.4 Å². The zero-order valence-corrected chi connectivity index (χ0v) is 18.2. The molecule has 0 saturated heterocycles. The first-order valence-electron chi connectivity index (χ1n) is 10.5. The summed E-state index contributed by atoms with van der Waals surface area (Å²) < 4.78 is 5.86. The number of hydrogen-bond acceptors (Lipinski definition) is 3. The third-order valence-corrected chi connectivity index (χ3v) is 4.87. The standard InChI is InChI=1S/C24H31ClN2O2/c1-3-5-7-8-16-29-23-15-14-22(25)17-21(23)18-26-27-24(28)20-12-10-19(11-13-20)9-6-4-2/h10-15,17-18H,3-9,16H2,1-2H3,(H,27,28)/b26-18+. The summed E-state index contributed by atoms with van der Waals surface area (Å²) in [7, 11) is 0. The Hall–Kier alpha value is -2.33. The monoisotopic (exact) mass is 414 g/mol. The fourth-order valence-corrected chi connectivity index (χ4v) is 3.07. The lowest BCUT2D eigenvalue weighted by Gasteiger charge is -2.09. The van der Waals surface area contributed by atoms with Gasteiger partial charge < -0.3 is 4.74 Å². The maximum atomic E-state index is 12.3. The van der Waals surface area contributed by atoms with Crippen LogP contribution in [0.1, 0.15) is 73.9 Å². The minimum absolute atomic E-state index is 0.243. The SMILES string of the molecule is CCCCCCOc1ccc(Cl)cc1/C=N/NC(=O)c1ccc(CCCC)cc1. The summed E-state index contributed by atoms with van der Waals surface area (Å²) in [5.74, 6) is 0.469. The van der Waals surface area contributed by atoms with E-state index in [1.807, 2.05) is 30.3 Å². The molecule has 0 atom stereocenters. The van der Waals surface area contributed by atoms with Crippen LogP contribution in [0.15, 0.2) is 47.6 Å². The van der Waals surface area contributed by atoms with Crippen molar-refractivity contribution in [2.24, 2.45) is 5.10 Å². The van der Waals surface area contributed by atoms with Crippen molar-refractivity contribution in [1.82, 2.24) is 5.43 Å². The van der Waals surface area contributed by atoms with Gasteiger partial charge in [-0.3, -0.25) is 4.79 Å². The van der Waals surface area contributed by atoms with Crippen molar-refractivity contribution in [3.63, 3.8) is 0 Å². The average molecular weight is 415 g/mol. The number of halogens is 1. The normalized spacial score (nSPS) is 11.0. The quantitative estimate of drug-likeness (QED) is 0.248. The van der Waals surface area contributed by atoms with E-state index in [4.69, 9.17) is 16.3 Å². The minimum atomic E-state index is -0.243. The van der Waals surface area contributed by atoms with Crippen molar-refractivity contribution < 1.29 is 9.53 Å². The number of rotatable bonds is 12. The number of carbonyl (C=O) groups is 1. The highest BCUT2D eigenvalue weighted by Crippen LogP contribution is 2.22. The molecule has 1 amide bonds. The Morgan fingerprint density at radius 2 is 1.79 bits per heavy atom. The van der Waals surface area contributed by atoms with Crippen molar-refractivity contribution in [2.45, 2.75) is 58.8 Å². The van der Waals surface area contributed by atoms with Gasteiger partial charge in [-0.15, -0.1) is 0 Å². The molecule has 0 unspecified atom stereocenters. The number of unbranched alkanes of at least 4 members (excludes halogenated alkanes) is 4. The lowest BCUT2D eigenvalue weighted by Crippen LogP contribution is -2.17. The smallest absolute Gasteiger partial charge is 0.271 e. The third kappa shape index (κ3) is 8.28. The highest BCUT2D eigenvalue weighted by molar-refractivity contribution is 6.30. The van der Waals surface area contributed by atoms with Crippen molar-refractivity contribution in [3.8, 4) is 5.75 Å². The number of hydrogen-bond donors (Lipinski definition) is 1. The largest absolute Gasteiger partial charge is 0.493 e. The van der Waals surface area contributed by atoms with Crippen LogP contribution in [-0.2, 0) is 6.42 Å². The van der Waals surface area contributed by atoms with Crippen molar-refractivity contribution in [3.05, 3.63) is 64.2 Å². The number of nitrogens with one attached hydrogen (secondary N) is 1. The van der Waals surface area contributed by atoms with Crippen LogP contribution in [0.5, 0.6) is 5.75 Å². The second kappa shape index (κ2) is 13.0. The van der Waals surface area contributed by atoms with E-state index < -0.39 is 0 Å². The molecule has 0 heterocycles. The van der Waals surface area contributed by atoms with Gasteiger partial charge >= 0.3 is 0 Å². The molecule has 0 fully saturated rings. The number of benzene rings is 2. The number of nitrogens with zero attached hydrogens (tertiary/aromatic N) is 1. The molecule has 0 aromatic heterocycles. The fourth-order valence-electron chi connectivity index (χ4n) is 2.89. The first kappa shape index (κ1) is 23.0. The third-order valence-electron chi connectivity index (χ3n) is 4.63. The van der Waals surface area contributed by atoms with Gasteiger partial charge in [-0.1, -0.05) is 63.3 Å². The summed E-state index contributed by atoms with van der Waals surface area (Å²) in [6.07, 6.45) is 9.49. The molecular formula is C24H31ClN2O2. The molecule has 0 spiro atoms. The number of carbonyl (C=O) groups excluding carboxylic acids is 1. The summed E-state index contributed by atoms with van der Waals surface area (Å²) >= 11 is 6.10. The second-order valence-corrected chi connectivity index (χ2v) is 7.53. The summed E-state index contributed by atoms with van der Waals surface area (Å²) in [5.41, 5.74) is 5.14. The summed E-state index contributed by atoms with van der Waals surface area (Å²) in [5, 5.41) is 4.68. The molecule has 0 radical (unpaired) electrons. The average Bonchev–Trinajstić information content (AvgIpc) is 2.73. The molecule has 0 saturated carbocycles. The Morgan fingerprint density at radius 3 is 2.52 bits per heavy atom. The number of hydrazone groups is 1. The topological polar surface area (TPSA) is 50.7 Å². The molecule has 2 rings (SSSR count). The predicted octanol–water partition coefficient (Wildman–Crippen LogP) is 6.41. The van der Waals surface area contributed by atoms with Crippen LogP contribution in [0.2, 0.25) is 5.02 Å². The molecule has 0 aliphatic rings. The Labute approximate surface area is 179 Å². The van der Waals surface area contributed by atoms with Crippen LogP contribution >= 0.6 is 11.6 Å². The van der Waals surface area contributed by atoms with Crippen molar-refractivity contribution in [2.75, 3.05) is 6.61 Å². The molecule has 2 aromatic rings. The highest BCUT2D eigenvalue weighted by atomic mass is 35.5. The maximum absolute atomic E-state index is 12.3. The van der Waals surface area contributed by atoms with Crippen LogP contribution in [-0.4, -0.2) is 18.7 Å². The Morgan fingerprint density at radius 1 is 1.03 bits per heavy atom. The fraction of sp³-hybridized carbons (Fsp3) is 0.417. The lowest BCUT2D eigenvalue weighted by atomic mass is 10.1. The molecular weight excluding hydrogens is 384 g/mol. The highest BCUT2D eigenvalue weighted by Gasteiger charge is 2.06. The molecule has 156 valence electrons. The van der Waals surface area contributed by atoms with Crippen LogP contribution in [0, 0.1) is 0 Å². The van der Waals surface area contributed by atoms with E-state index in [9.17, 15) is 4.79 Å². The maximum Gasteiger partial charge on any atom is 0.271 e. The van der Waals surface area contributed by atoms with E-state index in [2.05, 4.69) is 24.4 Å². The molecule has 29 heavy (non-hydrogen) atoms. The molecule has 0 aliphatic carbocycles. The van der Waals surface area contributed by atoms with E-state index in [-0.39, 0.29) is 5.91 Å². The minimum Gasteiger partial charge on any atom is -0.493 e. The first-order chi connectivity index (χ1) is 14.1. The number of aryl methyl sites for hydroxylation is 1. The van der Waals surface area contributed by atoms with Gasteiger partial charge in [0.2, 0.25) is 0 Å². The molecule has 0 aliphatic heterocycles. The Balaban J connectivity index is 1.92. The summed E-state index contributed by atoms with van der Waals surface area (Å²) in [6.45, 7) is 5.01. The van der Waals surface area contributed by atoms with E-state index in [0.717, 1.165) is 37.7 Å². The van der Waals surface area contributed by atoms with Crippen LogP contribution in [0.3, 0.4) is 0 Å². The first-order valence-corrected chi connectivity index (χ1v) is 10.9. The van der Waals surface area contributed by atoms with E-state index >= 15 is 0 Å². The van der Waals surface area contributed by atoms with Gasteiger partial charge in [0.05, 0.1) is 12.8 Å². The number of amides is 1. The molecule has 0 bridgehead atoms. The van der Waals surface area contributed by atoms with Crippen molar-refractivity contribution >= 4 is 23.7 Å². The van der Waals surface area contributed by atoms with E-state index in [0.29, 0.717) is 22.9 Å². The van der Waals surface area contributed by atoms with Gasteiger partial charge in [-0.05, 0) is 55.2 Å². The van der Waals surface area contributed by atoms with Gasteiger partial charge in [0.1, 0.15) is 5.75 Å². The van der Waals surface area contributed by atoms with Gasteiger partial charge in [0.25, 0.3) is 5.91 Å². The summed E-state index contributed by atoms with van der Waals surface area (Å²) in [6, 6.07) is 13.1. The van der Waals surface area contributed by atoms with Crippen LogP contribution in [0.4, 0.5) is 0 Å². The zero-order valence-electron chi connectivity index (χ0n) is 17.4. The lowest BCUT2D eigenvalue weighted by molar-refractivity contribution is 0.0955. The molecule has 4 nitrogen and oxygen atoms in total. The van der Waals surface area contributed by atoms with Gasteiger partial charge in [-0.2, -0.15) is 5.10 Å². The van der Waals surface area contributed by atoms with Gasteiger partial charge in [0, 0.05) is 16.1 Å².